The lowest BCUT2D eigenvalue weighted by atomic mass is 10.2. The molecule has 2 heterocycles. The minimum absolute atomic E-state index is 0.836. The van der Waals surface area contributed by atoms with Gasteiger partial charge in [-0.15, -0.1) is 0 Å². The second-order valence-corrected chi connectivity index (χ2v) is 7.35. The fourth-order valence-corrected chi connectivity index (χ4v) is 3.96. The van der Waals surface area contributed by atoms with Gasteiger partial charge in [0.2, 0.25) is 0 Å². The van der Waals surface area contributed by atoms with Crippen LogP contribution in [-0.4, -0.2) is 62.2 Å². The van der Waals surface area contributed by atoms with E-state index in [1.54, 1.807) is 0 Å². The molecular formula is C19H30ClN3. The van der Waals surface area contributed by atoms with Crippen LogP contribution in [0.25, 0.3) is 0 Å². The van der Waals surface area contributed by atoms with E-state index in [9.17, 15) is 0 Å². The van der Waals surface area contributed by atoms with Gasteiger partial charge >= 0.3 is 0 Å². The molecule has 2 aliphatic heterocycles. The third-order valence-corrected chi connectivity index (χ3v) is 5.43. The van der Waals surface area contributed by atoms with Crippen LogP contribution < -0.4 is 4.90 Å². The van der Waals surface area contributed by atoms with Gasteiger partial charge in [0, 0.05) is 36.9 Å². The zero-order chi connectivity index (χ0) is 15.9. The van der Waals surface area contributed by atoms with Gasteiger partial charge in [0.25, 0.3) is 0 Å². The second kappa shape index (κ2) is 8.91. The number of piperazine rings is 1. The van der Waals surface area contributed by atoms with Gasteiger partial charge in [-0.1, -0.05) is 30.5 Å². The first-order chi connectivity index (χ1) is 11.3. The number of hydrogen-bond donors (Lipinski definition) is 0. The highest BCUT2D eigenvalue weighted by Gasteiger charge is 2.17. The number of likely N-dealkylation sites (tertiary alicyclic amines) is 1. The van der Waals surface area contributed by atoms with Crippen LogP contribution in [-0.2, 0) is 0 Å². The third-order valence-electron chi connectivity index (χ3n) is 5.19. The van der Waals surface area contributed by atoms with E-state index in [1.165, 1.54) is 77.1 Å². The Hall–Kier alpha value is -0.770. The highest BCUT2D eigenvalue weighted by Crippen LogP contribution is 2.20. The maximum atomic E-state index is 6.10. The molecular weight excluding hydrogens is 306 g/mol. The van der Waals surface area contributed by atoms with Crippen LogP contribution in [0.3, 0.4) is 0 Å². The molecule has 0 atom stereocenters. The maximum Gasteiger partial charge on any atom is 0.0426 e. The molecule has 2 aliphatic rings. The maximum absolute atomic E-state index is 6.10. The van der Waals surface area contributed by atoms with E-state index >= 15 is 0 Å². The Labute approximate surface area is 146 Å². The molecule has 128 valence electrons. The summed E-state index contributed by atoms with van der Waals surface area (Å²) in [5.41, 5.74) is 1.27. The molecule has 0 N–H and O–H groups in total. The predicted octanol–water partition coefficient (Wildman–Crippen LogP) is 3.73. The Morgan fingerprint density at radius 3 is 2.09 bits per heavy atom. The summed E-state index contributed by atoms with van der Waals surface area (Å²) in [6.45, 7) is 9.76. The molecule has 2 fully saturated rings. The van der Waals surface area contributed by atoms with Crippen LogP contribution in [0.15, 0.2) is 24.3 Å². The van der Waals surface area contributed by atoms with Crippen molar-refractivity contribution in [1.82, 2.24) is 9.80 Å². The number of anilines is 1. The van der Waals surface area contributed by atoms with Crippen LogP contribution in [0.4, 0.5) is 5.69 Å². The number of halogens is 1. The van der Waals surface area contributed by atoms with E-state index < -0.39 is 0 Å². The van der Waals surface area contributed by atoms with Crippen LogP contribution in [0.2, 0.25) is 5.02 Å². The molecule has 4 heteroatoms. The van der Waals surface area contributed by atoms with Gasteiger partial charge in [0.1, 0.15) is 0 Å². The SMILES string of the molecule is Clc1cccc(N2CCN(CCCN3CCCCCC3)CC2)c1. The number of nitrogens with zero attached hydrogens (tertiary/aromatic N) is 3. The second-order valence-electron chi connectivity index (χ2n) is 6.92. The average molecular weight is 336 g/mol. The van der Waals surface area contributed by atoms with Crippen LogP contribution in [0.1, 0.15) is 32.1 Å². The van der Waals surface area contributed by atoms with Crippen molar-refractivity contribution >= 4 is 17.3 Å². The van der Waals surface area contributed by atoms with Gasteiger partial charge in [-0.25, -0.2) is 0 Å². The molecule has 0 radical (unpaired) electrons. The van der Waals surface area contributed by atoms with Crippen LogP contribution in [0.5, 0.6) is 0 Å². The molecule has 0 bridgehead atoms. The van der Waals surface area contributed by atoms with Gasteiger partial charge in [-0.3, -0.25) is 4.90 Å². The minimum atomic E-state index is 0.836. The van der Waals surface area contributed by atoms with Crippen molar-refractivity contribution in [1.29, 1.82) is 0 Å². The highest BCUT2D eigenvalue weighted by molar-refractivity contribution is 6.30. The quantitative estimate of drug-likeness (QED) is 0.811. The lowest BCUT2D eigenvalue weighted by Crippen LogP contribution is -2.47. The number of hydrogen-bond acceptors (Lipinski definition) is 3. The molecule has 1 aromatic carbocycles. The van der Waals surface area contributed by atoms with Gasteiger partial charge in [0.15, 0.2) is 0 Å². The van der Waals surface area contributed by atoms with E-state index in [0.717, 1.165) is 18.1 Å². The fourth-order valence-electron chi connectivity index (χ4n) is 3.78. The monoisotopic (exact) mass is 335 g/mol. The van der Waals surface area contributed by atoms with Crippen LogP contribution in [0, 0.1) is 0 Å². The summed E-state index contributed by atoms with van der Waals surface area (Å²) in [6, 6.07) is 8.24. The van der Waals surface area contributed by atoms with E-state index in [0.29, 0.717) is 0 Å². The lowest BCUT2D eigenvalue weighted by molar-refractivity contribution is 0.222. The smallest absolute Gasteiger partial charge is 0.0426 e. The molecule has 2 saturated heterocycles. The molecule has 1 aromatic rings. The van der Waals surface area contributed by atoms with Crippen molar-refractivity contribution in [2.45, 2.75) is 32.1 Å². The zero-order valence-corrected chi connectivity index (χ0v) is 15.0. The molecule has 0 saturated carbocycles. The van der Waals surface area contributed by atoms with Gasteiger partial charge in [0.05, 0.1) is 0 Å². The van der Waals surface area contributed by atoms with Crippen molar-refractivity contribution in [3.05, 3.63) is 29.3 Å². The Morgan fingerprint density at radius 1 is 0.783 bits per heavy atom. The molecule has 23 heavy (non-hydrogen) atoms. The lowest BCUT2D eigenvalue weighted by Gasteiger charge is -2.36. The average Bonchev–Trinajstić information content (AvgIpc) is 2.84. The Bertz CT molecular complexity index is 463. The summed E-state index contributed by atoms with van der Waals surface area (Å²) in [6.07, 6.45) is 6.98. The van der Waals surface area contributed by atoms with Gasteiger partial charge in [-0.05, 0) is 63.6 Å². The third kappa shape index (κ3) is 5.37. The summed E-state index contributed by atoms with van der Waals surface area (Å²) < 4.78 is 0. The molecule has 3 rings (SSSR count). The van der Waals surface area contributed by atoms with E-state index in [1.807, 2.05) is 12.1 Å². The summed E-state index contributed by atoms with van der Waals surface area (Å²) in [7, 11) is 0. The van der Waals surface area contributed by atoms with E-state index in [2.05, 4.69) is 26.8 Å². The summed E-state index contributed by atoms with van der Waals surface area (Å²) in [4.78, 5) is 7.76. The van der Waals surface area contributed by atoms with Gasteiger partial charge < -0.3 is 9.80 Å². The number of benzene rings is 1. The van der Waals surface area contributed by atoms with Crippen molar-refractivity contribution in [3.8, 4) is 0 Å². The Morgan fingerprint density at radius 2 is 1.43 bits per heavy atom. The van der Waals surface area contributed by atoms with Crippen molar-refractivity contribution in [3.63, 3.8) is 0 Å². The van der Waals surface area contributed by atoms with Crippen molar-refractivity contribution in [2.75, 3.05) is 57.3 Å². The first-order valence-corrected chi connectivity index (χ1v) is 9.64. The van der Waals surface area contributed by atoms with E-state index in [-0.39, 0.29) is 0 Å². The van der Waals surface area contributed by atoms with E-state index in [4.69, 9.17) is 11.6 Å². The Kier molecular flexibility index (Phi) is 6.61. The molecule has 3 nitrogen and oxygen atoms in total. The topological polar surface area (TPSA) is 9.72 Å². The summed E-state index contributed by atoms with van der Waals surface area (Å²) in [5.74, 6) is 0. The minimum Gasteiger partial charge on any atom is -0.369 e. The number of rotatable bonds is 5. The standard InChI is InChI=1S/C19H30ClN3/c20-18-7-5-8-19(17-18)23-15-13-22(14-16-23)12-6-11-21-9-3-1-2-4-10-21/h5,7-8,17H,1-4,6,9-16H2. The molecule has 0 aliphatic carbocycles. The highest BCUT2D eigenvalue weighted by atomic mass is 35.5. The predicted molar refractivity (Wildman–Crippen MR) is 99.6 cm³/mol. The largest absolute Gasteiger partial charge is 0.369 e. The zero-order valence-electron chi connectivity index (χ0n) is 14.2. The summed E-state index contributed by atoms with van der Waals surface area (Å²) >= 11 is 6.10. The Balaban J connectivity index is 1.36. The fraction of sp³-hybridized carbons (Fsp3) is 0.684. The molecule has 0 spiro atoms. The molecule has 0 aromatic heterocycles. The van der Waals surface area contributed by atoms with Gasteiger partial charge in [-0.2, -0.15) is 0 Å². The van der Waals surface area contributed by atoms with Crippen LogP contribution >= 0.6 is 11.6 Å². The summed E-state index contributed by atoms with van der Waals surface area (Å²) in [5, 5.41) is 0.836. The first kappa shape index (κ1) is 17.1. The normalized spacial score (nSPS) is 21.3. The first-order valence-electron chi connectivity index (χ1n) is 9.26. The molecule has 0 amide bonds. The van der Waals surface area contributed by atoms with Crippen molar-refractivity contribution < 1.29 is 0 Å². The molecule has 0 unspecified atom stereocenters. The van der Waals surface area contributed by atoms with Crippen molar-refractivity contribution in [2.24, 2.45) is 0 Å².